The number of carbonyl (C=O) groups is 1. The fourth-order valence-corrected chi connectivity index (χ4v) is 3.81. The number of anilines is 1. The molecule has 3 aromatic rings. The Labute approximate surface area is 180 Å². The van der Waals surface area contributed by atoms with E-state index < -0.39 is 10.8 Å². The maximum absolute atomic E-state index is 12.8. The molecule has 0 heterocycles. The molecule has 148 valence electrons. The van der Waals surface area contributed by atoms with Gasteiger partial charge in [-0.25, -0.2) is 0 Å². The van der Waals surface area contributed by atoms with Gasteiger partial charge in [-0.15, -0.1) is 0 Å². The van der Waals surface area contributed by atoms with E-state index in [1.807, 2.05) is 24.3 Å². The Kier molecular flexibility index (Phi) is 6.09. The molecule has 3 aromatic carbocycles. The van der Waals surface area contributed by atoms with E-state index >= 15 is 0 Å². The first-order valence-corrected chi connectivity index (χ1v) is 9.64. The number of thiocarbonyl (C=S) groups is 1. The molecule has 0 atom stereocenters. The van der Waals surface area contributed by atoms with Gasteiger partial charge in [-0.1, -0.05) is 30.3 Å². The number of halogens is 1. The Bertz CT molecular complexity index is 1150. The monoisotopic (exact) mass is 473 g/mol. The normalized spacial score (nSPS) is 10.4. The number of carbonyl (C=O) groups excluding carboxylic acids is 1. The van der Waals surface area contributed by atoms with Gasteiger partial charge >= 0.3 is 0 Å². The summed E-state index contributed by atoms with van der Waals surface area (Å²) < 4.78 is 6.06. The number of benzene rings is 3. The summed E-state index contributed by atoms with van der Waals surface area (Å²) in [5.41, 5.74) is 1.08. The van der Waals surface area contributed by atoms with Crippen LogP contribution in [0.5, 0.6) is 5.75 Å². The molecule has 9 heteroatoms. The first-order chi connectivity index (χ1) is 13.8. The van der Waals surface area contributed by atoms with Crippen LogP contribution in [0.3, 0.4) is 0 Å². The number of aryl methyl sites for hydroxylation is 1. The lowest BCUT2D eigenvalue weighted by Gasteiger charge is -2.14. The van der Waals surface area contributed by atoms with Crippen molar-refractivity contribution in [1.29, 1.82) is 0 Å². The second-order valence-electron chi connectivity index (χ2n) is 6.18. The molecule has 0 fully saturated rings. The number of hydrogen-bond acceptors (Lipinski definition) is 5. The van der Waals surface area contributed by atoms with Crippen molar-refractivity contribution in [3.63, 3.8) is 0 Å². The van der Waals surface area contributed by atoms with E-state index in [2.05, 4.69) is 26.6 Å². The van der Waals surface area contributed by atoms with Crippen molar-refractivity contribution >= 4 is 61.3 Å². The van der Waals surface area contributed by atoms with Crippen LogP contribution in [0.2, 0.25) is 0 Å². The molecule has 0 aliphatic carbocycles. The Balaban J connectivity index is 1.87. The second kappa shape index (κ2) is 8.54. The molecular weight excluding hydrogens is 458 g/mol. The third kappa shape index (κ3) is 4.36. The second-order valence-corrected chi connectivity index (χ2v) is 7.38. The topological polar surface area (TPSA) is 93.5 Å². The van der Waals surface area contributed by atoms with Crippen LogP contribution in [0.1, 0.15) is 15.9 Å². The van der Waals surface area contributed by atoms with Crippen LogP contribution in [0, 0.1) is 17.0 Å². The van der Waals surface area contributed by atoms with Gasteiger partial charge in [0.05, 0.1) is 22.1 Å². The minimum absolute atomic E-state index is 0.0618. The highest BCUT2D eigenvalue weighted by Gasteiger charge is 2.20. The number of methoxy groups -OCH3 is 1. The van der Waals surface area contributed by atoms with E-state index in [-0.39, 0.29) is 22.1 Å². The molecular formula is C20H16BrN3O4S. The third-order valence-corrected chi connectivity index (χ3v) is 5.21. The quantitative estimate of drug-likeness (QED) is 0.316. The number of fused-ring (bicyclic) bond motifs is 1. The van der Waals surface area contributed by atoms with Crippen molar-refractivity contribution in [3.8, 4) is 5.75 Å². The van der Waals surface area contributed by atoms with Gasteiger partial charge in [0.25, 0.3) is 11.6 Å². The Morgan fingerprint density at radius 2 is 1.93 bits per heavy atom. The smallest absolute Gasteiger partial charge is 0.292 e. The van der Waals surface area contributed by atoms with Crippen LogP contribution in [0.25, 0.3) is 10.8 Å². The standard InChI is InChI=1S/C20H16BrN3O4S/c1-11-7-8-15(16(9-11)24(26)27)22-20(29)23-19(25)14-10-12-5-3-4-6-13(12)17(21)18(14)28-2/h3-10H,1-2H3,(H2,22,23,25,29). The SMILES string of the molecule is COc1c(C(=O)NC(=S)Nc2ccc(C)cc2[N+](=O)[O-])cc2ccccc2c1Br. The van der Waals surface area contributed by atoms with Crippen molar-refractivity contribution < 1.29 is 14.5 Å². The molecule has 7 nitrogen and oxygen atoms in total. The third-order valence-electron chi connectivity index (χ3n) is 4.22. The predicted molar refractivity (Wildman–Crippen MR) is 120 cm³/mol. The average molecular weight is 474 g/mol. The number of amides is 1. The van der Waals surface area contributed by atoms with Gasteiger partial charge in [0, 0.05) is 6.07 Å². The van der Waals surface area contributed by atoms with Crippen LogP contribution >= 0.6 is 28.1 Å². The van der Waals surface area contributed by atoms with Crippen molar-refractivity contribution in [2.75, 3.05) is 12.4 Å². The van der Waals surface area contributed by atoms with Crippen LogP contribution in [0.15, 0.2) is 53.0 Å². The molecule has 0 saturated carbocycles. The number of nitrogens with one attached hydrogen (secondary N) is 2. The van der Waals surface area contributed by atoms with Crippen molar-refractivity contribution in [3.05, 3.63) is 74.2 Å². The highest BCUT2D eigenvalue weighted by molar-refractivity contribution is 9.10. The molecule has 0 bridgehead atoms. The number of nitro benzene ring substituents is 1. The lowest BCUT2D eigenvalue weighted by atomic mass is 10.1. The largest absolute Gasteiger partial charge is 0.495 e. The summed E-state index contributed by atoms with van der Waals surface area (Å²) in [7, 11) is 1.47. The molecule has 0 aliphatic heterocycles. The summed E-state index contributed by atoms with van der Waals surface area (Å²) in [5.74, 6) is -0.133. The maximum Gasteiger partial charge on any atom is 0.292 e. The van der Waals surface area contributed by atoms with Crippen molar-refractivity contribution in [2.24, 2.45) is 0 Å². The predicted octanol–water partition coefficient (Wildman–Crippen LogP) is 4.95. The summed E-state index contributed by atoms with van der Waals surface area (Å²) in [6.07, 6.45) is 0. The van der Waals surface area contributed by atoms with Gasteiger partial charge in [0.2, 0.25) is 0 Å². The summed E-state index contributed by atoms with van der Waals surface area (Å²) in [6, 6.07) is 13.9. The zero-order valence-corrected chi connectivity index (χ0v) is 17.9. The number of rotatable bonds is 4. The minimum Gasteiger partial charge on any atom is -0.495 e. The molecule has 1 amide bonds. The number of nitrogens with zero attached hydrogens (tertiary/aromatic N) is 1. The van der Waals surface area contributed by atoms with Gasteiger partial charge < -0.3 is 10.1 Å². The first kappa shape index (κ1) is 20.7. The van der Waals surface area contributed by atoms with Gasteiger partial charge in [0.1, 0.15) is 11.4 Å². The van der Waals surface area contributed by atoms with Crippen LogP contribution < -0.4 is 15.4 Å². The van der Waals surface area contributed by atoms with E-state index in [0.29, 0.717) is 10.2 Å². The molecule has 29 heavy (non-hydrogen) atoms. The highest BCUT2D eigenvalue weighted by Crippen LogP contribution is 2.36. The Morgan fingerprint density at radius 3 is 2.62 bits per heavy atom. The van der Waals surface area contributed by atoms with Crippen molar-refractivity contribution in [1.82, 2.24) is 5.32 Å². The molecule has 0 radical (unpaired) electrons. The molecule has 0 aromatic heterocycles. The molecule has 3 rings (SSSR count). The minimum atomic E-state index is -0.511. The van der Waals surface area contributed by atoms with E-state index in [0.717, 1.165) is 16.3 Å². The van der Waals surface area contributed by atoms with Gasteiger partial charge in [0.15, 0.2) is 5.11 Å². The maximum atomic E-state index is 12.8. The first-order valence-electron chi connectivity index (χ1n) is 8.44. The van der Waals surface area contributed by atoms with E-state index in [1.165, 1.54) is 13.2 Å². The van der Waals surface area contributed by atoms with Crippen LogP contribution in [0.4, 0.5) is 11.4 Å². The Morgan fingerprint density at radius 1 is 1.21 bits per heavy atom. The summed E-state index contributed by atoms with van der Waals surface area (Å²) >= 11 is 8.67. The van der Waals surface area contributed by atoms with E-state index in [9.17, 15) is 14.9 Å². The lowest BCUT2D eigenvalue weighted by molar-refractivity contribution is -0.383. The van der Waals surface area contributed by atoms with Gasteiger partial charge in [-0.05, 0) is 63.5 Å². The van der Waals surface area contributed by atoms with Gasteiger partial charge in [-0.2, -0.15) is 0 Å². The van der Waals surface area contributed by atoms with Crippen molar-refractivity contribution in [2.45, 2.75) is 6.92 Å². The van der Waals surface area contributed by atoms with Gasteiger partial charge in [-0.3, -0.25) is 20.2 Å². The molecule has 0 unspecified atom stereocenters. The molecule has 0 aliphatic rings. The summed E-state index contributed by atoms with van der Waals surface area (Å²) in [5, 5.41) is 18.2. The molecule has 0 saturated heterocycles. The lowest BCUT2D eigenvalue weighted by Crippen LogP contribution is -2.34. The average Bonchev–Trinajstić information content (AvgIpc) is 2.69. The molecule has 2 N–H and O–H groups in total. The van der Waals surface area contributed by atoms with E-state index in [1.54, 1.807) is 25.1 Å². The zero-order valence-electron chi connectivity index (χ0n) is 15.5. The van der Waals surface area contributed by atoms with E-state index in [4.69, 9.17) is 17.0 Å². The number of hydrogen-bond donors (Lipinski definition) is 2. The zero-order chi connectivity index (χ0) is 21.1. The number of ether oxygens (including phenoxy) is 1. The Hall–Kier alpha value is -3.04. The fraction of sp³-hybridized carbons (Fsp3) is 0.100. The highest BCUT2D eigenvalue weighted by atomic mass is 79.9. The summed E-state index contributed by atoms with van der Waals surface area (Å²) in [6.45, 7) is 1.75. The van der Waals surface area contributed by atoms with Crippen LogP contribution in [-0.4, -0.2) is 23.1 Å². The molecule has 0 spiro atoms. The number of nitro groups is 1. The fourth-order valence-electron chi connectivity index (χ4n) is 2.88. The summed E-state index contributed by atoms with van der Waals surface area (Å²) in [4.78, 5) is 23.6. The van der Waals surface area contributed by atoms with Crippen LogP contribution in [-0.2, 0) is 0 Å².